The Balaban J connectivity index is 2.84. The summed E-state index contributed by atoms with van der Waals surface area (Å²) in [6, 6.07) is 2.09. The molecule has 15 heavy (non-hydrogen) atoms. The van der Waals surface area contributed by atoms with Crippen LogP contribution in [0.3, 0.4) is 0 Å². The average molecular weight is 205 g/mol. The summed E-state index contributed by atoms with van der Waals surface area (Å²) in [4.78, 5) is 7.98. The van der Waals surface area contributed by atoms with Crippen LogP contribution in [0.25, 0.3) is 0 Å². The highest BCUT2D eigenvalue weighted by atomic mass is 15.0. The highest BCUT2D eigenvalue weighted by Gasteiger charge is 2.13. The van der Waals surface area contributed by atoms with Gasteiger partial charge in [-0.25, -0.2) is 9.97 Å². The van der Waals surface area contributed by atoms with Gasteiger partial charge in [0.25, 0.3) is 0 Å². The van der Waals surface area contributed by atoms with Crippen molar-refractivity contribution in [3.8, 4) is 6.07 Å². The molecule has 0 aromatic carbocycles. The SMILES string of the molecule is CC(C)C(CN)Nc1nccnc1C#N. The number of hydrogen-bond acceptors (Lipinski definition) is 5. The number of nitrogens with one attached hydrogen (secondary N) is 1. The second-order valence-electron chi connectivity index (χ2n) is 3.60. The molecular weight excluding hydrogens is 190 g/mol. The minimum atomic E-state index is 0.105. The molecule has 0 aliphatic heterocycles. The van der Waals surface area contributed by atoms with Crippen molar-refractivity contribution >= 4 is 5.82 Å². The number of nitrogens with zero attached hydrogens (tertiary/aromatic N) is 3. The molecule has 0 radical (unpaired) electrons. The third-order valence-corrected chi connectivity index (χ3v) is 2.18. The standard InChI is InChI=1S/C10H15N5/c1-7(2)8(5-11)15-10-9(6-12)13-3-4-14-10/h3-4,7-8H,5,11H2,1-2H3,(H,14,15). The summed E-state index contributed by atoms with van der Waals surface area (Å²) in [6.45, 7) is 4.62. The van der Waals surface area contributed by atoms with E-state index in [-0.39, 0.29) is 6.04 Å². The summed E-state index contributed by atoms with van der Waals surface area (Å²) in [5.41, 5.74) is 5.92. The fourth-order valence-corrected chi connectivity index (χ4v) is 1.20. The van der Waals surface area contributed by atoms with E-state index in [1.807, 2.05) is 6.07 Å². The highest BCUT2D eigenvalue weighted by Crippen LogP contribution is 2.11. The Morgan fingerprint density at radius 2 is 2.13 bits per heavy atom. The highest BCUT2D eigenvalue weighted by molar-refractivity contribution is 5.47. The van der Waals surface area contributed by atoms with E-state index in [2.05, 4.69) is 29.1 Å². The maximum Gasteiger partial charge on any atom is 0.182 e. The average Bonchev–Trinajstić information content (AvgIpc) is 2.25. The molecule has 1 heterocycles. The van der Waals surface area contributed by atoms with Crippen LogP contribution in [0.5, 0.6) is 0 Å². The predicted octanol–water partition coefficient (Wildman–Crippen LogP) is 0.743. The van der Waals surface area contributed by atoms with Crippen molar-refractivity contribution in [2.75, 3.05) is 11.9 Å². The molecule has 1 aromatic rings. The second kappa shape index (κ2) is 5.27. The molecule has 5 nitrogen and oxygen atoms in total. The Morgan fingerprint density at radius 3 is 2.67 bits per heavy atom. The minimum absolute atomic E-state index is 0.105. The first-order valence-corrected chi connectivity index (χ1v) is 4.86. The zero-order valence-electron chi connectivity index (χ0n) is 8.94. The van der Waals surface area contributed by atoms with Crippen LogP contribution in [-0.2, 0) is 0 Å². The van der Waals surface area contributed by atoms with Gasteiger partial charge in [0.15, 0.2) is 11.5 Å². The van der Waals surface area contributed by atoms with Crippen LogP contribution >= 0.6 is 0 Å². The van der Waals surface area contributed by atoms with E-state index >= 15 is 0 Å². The molecule has 0 bridgehead atoms. The first kappa shape index (κ1) is 11.4. The van der Waals surface area contributed by atoms with Crippen molar-refractivity contribution in [1.82, 2.24) is 9.97 Å². The summed E-state index contributed by atoms with van der Waals surface area (Å²) in [7, 11) is 0. The van der Waals surface area contributed by atoms with Crippen molar-refractivity contribution in [3.05, 3.63) is 18.1 Å². The van der Waals surface area contributed by atoms with Gasteiger partial charge in [-0.05, 0) is 5.92 Å². The van der Waals surface area contributed by atoms with Gasteiger partial charge in [0.2, 0.25) is 0 Å². The molecule has 1 aromatic heterocycles. The largest absolute Gasteiger partial charge is 0.363 e. The summed E-state index contributed by atoms with van der Waals surface area (Å²) in [5, 5.41) is 11.9. The molecule has 1 atom stereocenters. The van der Waals surface area contributed by atoms with Gasteiger partial charge in [0, 0.05) is 25.0 Å². The Hall–Kier alpha value is -1.67. The van der Waals surface area contributed by atoms with Gasteiger partial charge in [0.05, 0.1) is 0 Å². The van der Waals surface area contributed by atoms with Crippen LogP contribution in [0, 0.1) is 17.2 Å². The molecule has 1 rings (SSSR count). The normalized spacial score (nSPS) is 12.2. The molecule has 0 spiro atoms. The summed E-state index contributed by atoms with van der Waals surface area (Å²) >= 11 is 0. The van der Waals surface area contributed by atoms with Crippen LogP contribution in [0.1, 0.15) is 19.5 Å². The van der Waals surface area contributed by atoms with E-state index in [4.69, 9.17) is 11.0 Å². The van der Waals surface area contributed by atoms with Crippen molar-refractivity contribution in [1.29, 1.82) is 5.26 Å². The summed E-state index contributed by atoms with van der Waals surface area (Å²) < 4.78 is 0. The van der Waals surface area contributed by atoms with Crippen LogP contribution in [0.15, 0.2) is 12.4 Å². The Morgan fingerprint density at radius 1 is 1.47 bits per heavy atom. The van der Waals surface area contributed by atoms with Gasteiger partial charge in [-0.15, -0.1) is 0 Å². The Bertz CT molecular complexity index is 355. The minimum Gasteiger partial charge on any atom is -0.363 e. The molecule has 0 saturated heterocycles. The second-order valence-corrected chi connectivity index (χ2v) is 3.60. The van der Waals surface area contributed by atoms with Crippen LogP contribution < -0.4 is 11.1 Å². The van der Waals surface area contributed by atoms with E-state index in [0.29, 0.717) is 24.0 Å². The van der Waals surface area contributed by atoms with Gasteiger partial charge < -0.3 is 11.1 Å². The molecule has 0 amide bonds. The molecule has 5 heteroatoms. The molecule has 0 aliphatic carbocycles. The molecule has 3 N–H and O–H groups in total. The number of anilines is 1. The smallest absolute Gasteiger partial charge is 0.182 e. The van der Waals surface area contributed by atoms with Gasteiger partial charge in [0.1, 0.15) is 6.07 Å². The number of hydrogen-bond donors (Lipinski definition) is 2. The van der Waals surface area contributed by atoms with Gasteiger partial charge in [-0.2, -0.15) is 5.26 Å². The molecular formula is C10H15N5. The molecule has 1 unspecified atom stereocenters. The van der Waals surface area contributed by atoms with Crippen LogP contribution in [0.2, 0.25) is 0 Å². The summed E-state index contributed by atoms with van der Waals surface area (Å²) in [5.74, 6) is 0.882. The first-order valence-electron chi connectivity index (χ1n) is 4.86. The fraction of sp³-hybridized carbons (Fsp3) is 0.500. The molecule has 0 aliphatic rings. The first-order chi connectivity index (χ1) is 7.19. The Labute approximate surface area is 89.3 Å². The third-order valence-electron chi connectivity index (χ3n) is 2.18. The fourth-order valence-electron chi connectivity index (χ4n) is 1.20. The van der Waals surface area contributed by atoms with E-state index in [1.165, 1.54) is 6.20 Å². The lowest BCUT2D eigenvalue weighted by molar-refractivity contribution is 0.529. The van der Waals surface area contributed by atoms with E-state index in [9.17, 15) is 0 Å². The van der Waals surface area contributed by atoms with E-state index in [1.54, 1.807) is 6.20 Å². The van der Waals surface area contributed by atoms with Gasteiger partial charge >= 0.3 is 0 Å². The van der Waals surface area contributed by atoms with Gasteiger partial charge in [-0.1, -0.05) is 13.8 Å². The third kappa shape index (κ3) is 2.89. The number of nitrogens with two attached hydrogens (primary N) is 1. The lowest BCUT2D eigenvalue weighted by Crippen LogP contribution is -2.34. The van der Waals surface area contributed by atoms with E-state index < -0.39 is 0 Å². The topological polar surface area (TPSA) is 87.6 Å². The number of rotatable bonds is 4. The molecule has 80 valence electrons. The number of aromatic nitrogens is 2. The predicted molar refractivity (Wildman–Crippen MR) is 58.1 cm³/mol. The van der Waals surface area contributed by atoms with Crippen molar-refractivity contribution in [3.63, 3.8) is 0 Å². The number of nitriles is 1. The van der Waals surface area contributed by atoms with Crippen LogP contribution in [-0.4, -0.2) is 22.6 Å². The van der Waals surface area contributed by atoms with Crippen molar-refractivity contribution < 1.29 is 0 Å². The van der Waals surface area contributed by atoms with Crippen LogP contribution in [0.4, 0.5) is 5.82 Å². The van der Waals surface area contributed by atoms with Crippen molar-refractivity contribution in [2.24, 2.45) is 11.7 Å². The molecule has 0 fully saturated rings. The Kier molecular flexibility index (Phi) is 4.01. The van der Waals surface area contributed by atoms with Crippen molar-refractivity contribution in [2.45, 2.75) is 19.9 Å². The lowest BCUT2D eigenvalue weighted by Gasteiger charge is -2.21. The van der Waals surface area contributed by atoms with Gasteiger partial charge in [-0.3, -0.25) is 0 Å². The zero-order chi connectivity index (χ0) is 11.3. The molecule has 0 saturated carbocycles. The summed E-state index contributed by atoms with van der Waals surface area (Å²) in [6.07, 6.45) is 3.05. The van der Waals surface area contributed by atoms with E-state index in [0.717, 1.165) is 0 Å². The lowest BCUT2D eigenvalue weighted by atomic mass is 10.0. The monoisotopic (exact) mass is 205 g/mol. The maximum atomic E-state index is 8.82. The zero-order valence-corrected chi connectivity index (χ0v) is 8.94. The quantitative estimate of drug-likeness (QED) is 0.757. The maximum absolute atomic E-state index is 8.82.